The average molecular weight is 179 g/mol. The van der Waals surface area contributed by atoms with Gasteiger partial charge in [0.25, 0.3) is 0 Å². The van der Waals surface area contributed by atoms with E-state index in [0.29, 0.717) is 5.15 Å². The predicted octanol–water partition coefficient (Wildman–Crippen LogP) is 2.53. The van der Waals surface area contributed by atoms with Crippen LogP contribution in [0.1, 0.15) is 0 Å². The quantitative estimate of drug-likeness (QED) is 0.614. The molecule has 0 aliphatic heterocycles. The second kappa shape index (κ2) is 2.99. The summed E-state index contributed by atoms with van der Waals surface area (Å²) in [7, 11) is 0. The third kappa shape index (κ3) is 1.34. The molecule has 2 rings (SSSR count). The van der Waals surface area contributed by atoms with Crippen molar-refractivity contribution in [1.82, 2.24) is 9.55 Å². The van der Waals surface area contributed by atoms with Crippen molar-refractivity contribution in [3.63, 3.8) is 0 Å². The summed E-state index contributed by atoms with van der Waals surface area (Å²) in [5, 5.41) is 0.515. The zero-order valence-electron chi connectivity index (χ0n) is 6.31. The summed E-state index contributed by atoms with van der Waals surface area (Å²) in [6.07, 6.45) is 5.62. The van der Waals surface area contributed by atoms with E-state index in [1.165, 1.54) is 0 Å². The highest BCUT2D eigenvalue weighted by atomic mass is 35.5. The van der Waals surface area contributed by atoms with Crippen molar-refractivity contribution in [3.8, 4) is 5.69 Å². The second-order valence-corrected chi connectivity index (χ2v) is 2.81. The zero-order chi connectivity index (χ0) is 8.39. The molecule has 2 heterocycles. The molecule has 0 fully saturated rings. The van der Waals surface area contributed by atoms with E-state index in [4.69, 9.17) is 11.6 Å². The molecule has 0 saturated heterocycles. The number of nitrogens with zero attached hydrogens (tertiary/aromatic N) is 2. The van der Waals surface area contributed by atoms with E-state index in [2.05, 4.69) is 4.98 Å². The van der Waals surface area contributed by atoms with Crippen LogP contribution >= 0.6 is 11.6 Å². The first-order valence-electron chi connectivity index (χ1n) is 3.61. The van der Waals surface area contributed by atoms with Gasteiger partial charge >= 0.3 is 0 Å². The lowest BCUT2D eigenvalue weighted by molar-refractivity contribution is 1.07. The Balaban J connectivity index is 2.48. The minimum Gasteiger partial charge on any atom is -0.324 e. The van der Waals surface area contributed by atoms with E-state index in [0.717, 1.165) is 5.69 Å². The van der Waals surface area contributed by atoms with Gasteiger partial charge in [0.2, 0.25) is 0 Å². The van der Waals surface area contributed by atoms with E-state index >= 15 is 0 Å². The molecule has 60 valence electrons. The average Bonchev–Trinajstić information content (AvgIpc) is 2.56. The Labute approximate surface area is 75.4 Å². The molecule has 2 aromatic heterocycles. The largest absolute Gasteiger partial charge is 0.324 e. The fourth-order valence-corrected chi connectivity index (χ4v) is 1.23. The smallest absolute Gasteiger partial charge is 0.131 e. The van der Waals surface area contributed by atoms with Crippen LogP contribution in [0.4, 0.5) is 0 Å². The van der Waals surface area contributed by atoms with Crippen molar-refractivity contribution in [2.24, 2.45) is 0 Å². The van der Waals surface area contributed by atoms with Crippen molar-refractivity contribution < 1.29 is 0 Å². The van der Waals surface area contributed by atoms with Crippen LogP contribution in [0.3, 0.4) is 0 Å². The maximum absolute atomic E-state index is 5.74. The summed E-state index contributed by atoms with van der Waals surface area (Å²) >= 11 is 5.74. The Morgan fingerprint density at radius 1 is 1.25 bits per heavy atom. The Hall–Kier alpha value is -1.28. The minimum atomic E-state index is 0.515. The normalized spacial score (nSPS) is 10.1. The number of aromatic nitrogens is 2. The summed E-state index contributed by atoms with van der Waals surface area (Å²) in [6.45, 7) is 0. The van der Waals surface area contributed by atoms with Crippen LogP contribution in [0.5, 0.6) is 0 Å². The number of hydrogen-bond acceptors (Lipinski definition) is 1. The molecule has 12 heavy (non-hydrogen) atoms. The predicted molar refractivity (Wildman–Crippen MR) is 48.6 cm³/mol. The summed E-state index contributed by atoms with van der Waals surface area (Å²) in [6, 6.07) is 7.66. The van der Waals surface area contributed by atoms with Gasteiger partial charge in [-0.2, -0.15) is 0 Å². The van der Waals surface area contributed by atoms with Gasteiger partial charge in [-0.1, -0.05) is 11.6 Å². The first kappa shape index (κ1) is 7.37. The van der Waals surface area contributed by atoms with E-state index in [9.17, 15) is 0 Å². The number of halogens is 1. The highest BCUT2D eigenvalue weighted by Crippen LogP contribution is 2.11. The van der Waals surface area contributed by atoms with Gasteiger partial charge in [0.1, 0.15) is 5.15 Å². The molecule has 2 aromatic rings. The maximum atomic E-state index is 5.74. The molecule has 0 bridgehead atoms. The van der Waals surface area contributed by atoms with Crippen molar-refractivity contribution in [1.29, 1.82) is 0 Å². The lowest BCUT2D eigenvalue weighted by Gasteiger charge is -2.00. The Morgan fingerprint density at radius 3 is 2.67 bits per heavy atom. The van der Waals surface area contributed by atoms with Crippen LogP contribution in [0.15, 0.2) is 42.9 Å². The van der Waals surface area contributed by atoms with E-state index < -0.39 is 0 Å². The Kier molecular flexibility index (Phi) is 1.84. The fraction of sp³-hybridized carbons (Fsp3) is 0. The topological polar surface area (TPSA) is 17.8 Å². The highest BCUT2D eigenvalue weighted by molar-refractivity contribution is 6.29. The molecule has 0 aliphatic carbocycles. The van der Waals surface area contributed by atoms with E-state index in [1.807, 2.05) is 41.2 Å². The van der Waals surface area contributed by atoms with Crippen molar-refractivity contribution in [3.05, 3.63) is 48.0 Å². The summed E-state index contributed by atoms with van der Waals surface area (Å²) in [5.41, 5.74) is 1.03. The fourth-order valence-electron chi connectivity index (χ4n) is 1.06. The molecule has 0 amide bonds. The molecular weight excluding hydrogens is 172 g/mol. The van der Waals surface area contributed by atoms with Crippen LogP contribution in [0, 0.1) is 0 Å². The van der Waals surface area contributed by atoms with Crippen LogP contribution < -0.4 is 0 Å². The molecule has 0 aromatic carbocycles. The summed E-state index contributed by atoms with van der Waals surface area (Å²) in [5.74, 6) is 0. The van der Waals surface area contributed by atoms with Crippen molar-refractivity contribution in [2.45, 2.75) is 0 Å². The van der Waals surface area contributed by atoms with Crippen molar-refractivity contribution in [2.75, 3.05) is 0 Å². The van der Waals surface area contributed by atoms with Crippen LogP contribution in [0.2, 0.25) is 5.15 Å². The third-order valence-corrected chi connectivity index (χ3v) is 1.82. The van der Waals surface area contributed by atoms with Gasteiger partial charge in [-0.25, -0.2) is 4.98 Å². The molecule has 3 heteroatoms. The molecule has 0 aliphatic rings. The van der Waals surface area contributed by atoms with Gasteiger partial charge in [0, 0.05) is 24.3 Å². The van der Waals surface area contributed by atoms with Gasteiger partial charge in [-0.15, -0.1) is 0 Å². The standard InChI is InChI=1S/C9H7ClN2/c10-9-7-8(3-4-11-9)12-5-1-2-6-12/h1-7H. The Morgan fingerprint density at radius 2 is 2.00 bits per heavy atom. The SMILES string of the molecule is Clc1cc(-n2cccc2)ccn1. The van der Waals surface area contributed by atoms with Gasteiger partial charge in [0.05, 0.1) is 0 Å². The van der Waals surface area contributed by atoms with Gasteiger partial charge < -0.3 is 4.57 Å². The monoisotopic (exact) mass is 178 g/mol. The maximum Gasteiger partial charge on any atom is 0.131 e. The Bertz CT molecular complexity index is 368. The highest BCUT2D eigenvalue weighted by Gasteiger charge is 1.94. The lowest BCUT2D eigenvalue weighted by Crippen LogP contribution is -1.89. The minimum absolute atomic E-state index is 0.515. The molecule has 0 saturated carbocycles. The van der Waals surface area contributed by atoms with Gasteiger partial charge in [-0.05, 0) is 24.3 Å². The van der Waals surface area contributed by atoms with Crippen LogP contribution in [0.25, 0.3) is 5.69 Å². The molecule has 2 nitrogen and oxygen atoms in total. The molecular formula is C9H7ClN2. The molecule has 0 atom stereocenters. The first-order valence-corrected chi connectivity index (χ1v) is 3.99. The number of rotatable bonds is 1. The van der Waals surface area contributed by atoms with Crippen LogP contribution in [-0.2, 0) is 0 Å². The first-order chi connectivity index (χ1) is 5.86. The lowest BCUT2D eigenvalue weighted by atomic mass is 10.4. The third-order valence-electron chi connectivity index (χ3n) is 1.61. The summed E-state index contributed by atoms with van der Waals surface area (Å²) < 4.78 is 1.98. The number of pyridine rings is 1. The van der Waals surface area contributed by atoms with E-state index in [1.54, 1.807) is 6.20 Å². The van der Waals surface area contributed by atoms with Crippen molar-refractivity contribution >= 4 is 11.6 Å². The summed E-state index contributed by atoms with van der Waals surface area (Å²) in [4.78, 5) is 3.90. The van der Waals surface area contributed by atoms with Gasteiger partial charge in [-0.3, -0.25) is 0 Å². The van der Waals surface area contributed by atoms with E-state index in [-0.39, 0.29) is 0 Å². The second-order valence-electron chi connectivity index (χ2n) is 2.43. The molecule has 0 spiro atoms. The molecule has 0 unspecified atom stereocenters. The number of hydrogen-bond donors (Lipinski definition) is 0. The molecule has 0 N–H and O–H groups in total. The zero-order valence-corrected chi connectivity index (χ0v) is 7.07. The van der Waals surface area contributed by atoms with Gasteiger partial charge in [0.15, 0.2) is 0 Å². The molecule has 0 radical (unpaired) electrons. The van der Waals surface area contributed by atoms with Crippen LogP contribution in [-0.4, -0.2) is 9.55 Å².